The predicted molar refractivity (Wildman–Crippen MR) is 64.1 cm³/mol. The topological polar surface area (TPSA) is 23.2 Å². The fourth-order valence-electron chi connectivity index (χ4n) is 1.69. The number of para-hydroxylation sites is 1. The molecule has 0 radical (unpaired) electrons. The molecule has 0 aliphatic heterocycles. The number of aryl methyl sites for hydroxylation is 2. The van der Waals surface area contributed by atoms with Gasteiger partial charge in [-0.3, -0.25) is 0 Å². The van der Waals surface area contributed by atoms with Gasteiger partial charge in [0.25, 0.3) is 0 Å². The van der Waals surface area contributed by atoms with Gasteiger partial charge in [0.2, 0.25) is 5.69 Å². The molecule has 0 saturated carbocycles. The van der Waals surface area contributed by atoms with Crippen molar-refractivity contribution in [2.24, 2.45) is 0 Å². The van der Waals surface area contributed by atoms with Crippen molar-refractivity contribution in [3.05, 3.63) is 41.5 Å². The van der Waals surface area contributed by atoms with Crippen molar-refractivity contribution in [2.45, 2.75) is 13.8 Å². The Labute approximate surface area is 91.2 Å². The summed E-state index contributed by atoms with van der Waals surface area (Å²) in [5.74, 6) is 0. The minimum Gasteiger partial charge on any atom is -0.392 e. The van der Waals surface area contributed by atoms with E-state index < -0.39 is 0 Å². The SMILES string of the molecule is Cc1cccc(C)c1[N+](C)=C/C=C/CO. The molecule has 2 nitrogen and oxygen atoms in total. The second-order valence-electron chi connectivity index (χ2n) is 3.61. The van der Waals surface area contributed by atoms with Gasteiger partial charge in [0.05, 0.1) is 6.61 Å². The van der Waals surface area contributed by atoms with Gasteiger partial charge < -0.3 is 5.11 Å². The molecule has 0 aromatic heterocycles. The number of allylic oxidation sites excluding steroid dienone is 1. The van der Waals surface area contributed by atoms with Gasteiger partial charge in [0, 0.05) is 17.2 Å². The molecule has 0 atom stereocenters. The molecule has 1 rings (SSSR count). The zero-order valence-electron chi connectivity index (χ0n) is 9.57. The van der Waals surface area contributed by atoms with Crippen LogP contribution in [0.3, 0.4) is 0 Å². The maximum absolute atomic E-state index is 8.63. The van der Waals surface area contributed by atoms with E-state index in [1.807, 2.05) is 19.3 Å². The predicted octanol–water partition coefficient (Wildman–Crippen LogP) is 2.20. The molecule has 1 aromatic rings. The van der Waals surface area contributed by atoms with E-state index in [1.54, 1.807) is 6.08 Å². The van der Waals surface area contributed by atoms with Crippen LogP contribution < -0.4 is 0 Å². The average molecular weight is 204 g/mol. The van der Waals surface area contributed by atoms with Crippen molar-refractivity contribution in [1.29, 1.82) is 0 Å². The van der Waals surface area contributed by atoms with E-state index in [9.17, 15) is 0 Å². The Morgan fingerprint density at radius 1 is 1.27 bits per heavy atom. The van der Waals surface area contributed by atoms with E-state index in [0.29, 0.717) is 0 Å². The van der Waals surface area contributed by atoms with Crippen molar-refractivity contribution in [2.75, 3.05) is 13.7 Å². The second kappa shape index (κ2) is 5.47. The molecule has 15 heavy (non-hydrogen) atoms. The first-order chi connectivity index (χ1) is 7.16. The minimum atomic E-state index is 0.0805. The van der Waals surface area contributed by atoms with E-state index in [-0.39, 0.29) is 6.61 Å². The molecule has 0 saturated heterocycles. The van der Waals surface area contributed by atoms with Gasteiger partial charge in [-0.15, -0.1) is 0 Å². The Hall–Kier alpha value is -1.41. The number of hydrogen-bond acceptors (Lipinski definition) is 1. The number of rotatable bonds is 3. The van der Waals surface area contributed by atoms with Crippen LogP contribution in [0.2, 0.25) is 0 Å². The lowest BCUT2D eigenvalue weighted by Crippen LogP contribution is -2.02. The number of nitrogens with zero attached hydrogens (tertiary/aromatic N) is 1. The van der Waals surface area contributed by atoms with Crippen LogP contribution in [-0.2, 0) is 0 Å². The van der Waals surface area contributed by atoms with Gasteiger partial charge in [0.1, 0.15) is 7.05 Å². The van der Waals surface area contributed by atoms with Crippen LogP contribution in [0.25, 0.3) is 0 Å². The van der Waals surface area contributed by atoms with E-state index in [4.69, 9.17) is 5.11 Å². The number of hydrogen-bond donors (Lipinski definition) is 1. The van der Waals surface area contributed by atoms with Gasteiger partial charge in [0.15, 0.2) is 6.21 Å². The van der Waals surface area contributed by atoms with Crippen molar-refractivity contribution in [3.8, 4) is 0 Å². The number of aliphatic hydroxyl groups is 1. The summed E-state index contributed by atoms with van der Waals surface area (Å²) in [6, 6.07) is 6.26. The van der Waals surface area contributed by atoms with Crippen molar-refractivity contribution < 1.29 is 9.68 Å². The molecule has 0 amide bonds. The largest absolute Gasteiger partial charge is 0.392 e. The smallest absolute Gasteiger partial charge is 0.210 e. The lowest BCUT2D eigenvalue weighted by molar-refractivity contribution is -0.399. The maximum atomic E-state index is 8.63. The Kier molecular flexibility index (Phi) is 4.25. The lowest BCUT2D eigenvalue weighted by atomic mass is 10.1. The number of benzene rings is 1. The summed E-state index contributed by atoms with van der Waals surface area (Å²) < 4.78 is 2.07. The summed E-state index contributed by atoms with van der Waals surface area (Å²) in [4.78, 5) is 0. The Bertz CT molecular complexity index is 371. The third-order valence-electron chi connectivity index (χ3n) is 2.34. The van der Waals surface area contributed by atoms with Crippen LogP contribution in [0.15, 0.2) is 30.4 Å². The number of aliphatic hydroxyl groups excluding tert-OH is 1. The first kappa shape index (κ1) is 11.7. The Balaban J connectivity index is 3.05. The fourth-order valence-corrected chi connectivity index (χ4v) is 1.69. The van der Waals surface area contributed by atoms with Crippen LogP contribution >= 0.6 is 0 Å². The third kappa shape index (κ3) is 3.03. The highest BCUT2D eigenvalue weighted by Crippen LogP contribution is 2.21. The van der Waals surface area contributed by atoms with Crippen LogP contribution in [-0.4, -0.2) is 29.6 Å². The molecule has 0 aliphatic carbocycles. The Morgan fingerprint density at radius 3 is 2.40 bits per heavy atom. The monoisotopic (exact) mass is 204 g/mol. The molecule has 0 bridgehead atoms. The molecule has 1 N–H and O–H groups in total. The van der Waals surface area contributed by atoms with Crippen LogP contribution in [0, 0.1) is 13.8 Å². The molecule has 2 heteroatoms. The van der Waals surface area contributed by atoms with E-state index in [1.165, 1.54) is 16.8 Å². The standard InChI is InChI=1S/C13H18NO/c1-11-7-6-8-12(2)13(11)14(3)9-4-5-10-15/h4-9,15H,10H2,1-3H3/q+1/b5-4+,14-9?. The second-order valence-corrected chi connectivity index (χ2v) is 3.61. The average Bonchev–Trinajstić information content (AvgIpc) is 2.18. The highest BCUT2D eigenvalue weighted by Gasteiger charge is 2.09. The minimum absolute atomic E-state index is 0.0805. The summed E-state index contributed by atoms with van der Waals surface area (Å²) in [7, 11) is 2.01. The molecular formula is C13H18NO+. The van der Waals surface area contributed by atoms with Gasteiger partial charge in [-0.2, -0.15) is 0 Å². The van der Waals surface area contributed by atoms with Gasteiger partial charge in [-0.1, -0.05) is 24.3 Å². The van der Waals surface area contributed by atoms with Gasteiger partial charge in [-0.05, 0) is 13.8 Å². The molecule has 80 valence electrons. The molecule has 0 unspecified atom stereocenters. The highest BCUT2D eigenvalue weighted by atomic mass is 16.2. The molecule has 0 fully saturated rings. The van der Waals surface area contributed by atoms with Gasteiger partial charge in [-0.25, -0.2) is 4.58 Å². The molecule has 0 heterocycles. The first-order valence-corrected chi connectivity index (χ1v) is 5.06. The molecular weight excluding hydrogens is 186 g/mol. The van der Waals surface area contributed by atoms with E-state index in [2.05, 4.69) is 36.6 Å². The van der Waals surface area contributed by atoms with Crippen molar-refractivity contribution in [1.82, 2.24) is 0 Å². The zero-order valence-corrected chi connectivity index (χ0v) is 9.57. The van der Waals surface area contributed by atoms with Crippen LogP contribution in [0.4, 0.5) is 5.69 Å². The van der Waals surface area contributed by atoms with Crippen LogP contribution in [0.1, 0.15) is 11.1 Å². The third-order valence-corrected chi connectivity index (χ3v) is 2.34. The fraction of sp³-hybridized carbons (Fsp3) is 0.308. The quantitative estimate of drug-likeness (QED) is 0.592. The molecule has 0 aliphatic rings. The summed E-state index contributed by atoms with van der Waals surface area (Å²) >= 11 is 0. The van der Waals surface area contributed by atoms with E-state index in [0.717, 1.165) is 0 Å². The van der Waals surface area contributed by atoms with Crippen molar-refractivity contribution in [3.63, 3.8) is 0 Å². The van der Waals surface area contributed by atoms with Gasteiger partial charge >= 0.3 is 0 Å². The zero-order chi connectivity index (χ0) is 11.3. The first-order valence-electron chi connectivity index (χ1n) is 5.06. The van der Waals surface area contributed by atoms with E-state index >= 15 is 0 Å². The summed E-state index contributed by atoms with van der Waals surface area (Å²) in [6.07, 6.45) is 5.52. The lowest BCUT2D eigenvalue weighted by Gasteiger charge is -2.03. The summed E-state index contributed by atoms with van der Waals surface area (Å²) in [6.45, 7) is 4.28. The highest BCUT2D eigenvalue weighted by molar-refractivity contribution is 5.68. The van der Waals surface area contributed by atoms with Crippen molar-refractivity contribution >= 4 is 11.9 Å². The Morgan fingerprint density at radius 2 is 1.87 bits per heavy atom. The maximum Gasteiger partial charge on any atom is 0.210 e. The van der Waals surface area contributed by atoms with Crippen LogP contribution in [0.5, 0.6) is 0 Å². The molecule has 0 spiro atoms. The summed E-state index contributed by atoms with van der Waals surface area (Å²) in [5, 5.41) is 8.63. The summed E-state index contributed by atoms with van der Waals surface area (Å²) in [5.41, 5.74) is 3.73. The normalized spacial score (nSPS) is 12.4. The molecule has 1 aromatic carbocycles.